The molecule has 6 heteroatoms. The van der Waals surface area contributed by atoms with Gasteiger partial charge in [-0.3, -0.25) is 4.79 Å². The molecule has 0 aliphatic rings. The Morgan fingerprint density at radius 2 is 1.64 bits per heavy atom. The van der Waals surface area contributed by atoms with Crippen LogP contribution in [0.3, 0.4) is 0 Å². The van der Waals surface area contributed by atoms with Gasteiger partial charge in [-0.15, -0.1) is 0 Å². The quantitative estimate of drug-likeness (QED) is 0.711. The van der Waals surface area contributed by atoms with Crippen LogP contribution in [-0.4, -0.2) is 26.9 Å². The third kappa shape index (κ3) is 5.99. The molecule has 2 aromatic carbocycles. The van der Waals surface area contributed by atoms with Crippen LogP contribution in [0.25, 0.3) is 0 Å². The lowest BCUT2D eigenvalue weighted by Gasteiger charge is -2.10. The van der Waals surface area contributed by atoms with Gasteiger partial charge in [-0.2, -0.15) is 0 Å². The van der Waals surface area contributed by atoms with E-state index in [0.29, 0.717) is 12.1 Å². The number of carbonyl (C=O) groups excluding carboxylic acids is 1. The topological polar surface area (TPSA) is 75.3 Å². The van der Waals surface area contributed by atoms with Crippen molar-refractivity contribution < 1.29 is 13.2 Å². The van der Waals surface area contributed by atoms with Gasteiger partial charge in [-0.1, -0.05) is 30.3 Å². The van der Waals surface area contributed by atoms with Crippen molar-refractivity contribution in [2.45, 2.75) is 37.6 Å². The second kappa shape index (κ2) is 8.78. The molecule has 1 amide bonds. The van der Waals surface area contributed by atoms with E-state index in [1.165, 1.54) is 29.8 Å². The Labute approximate surface area is 149 Å². The van der Waals surface area contributed by atoms with E-state index in [-0.39, 0.29) is 16.8 Å². The molecule has 0 heterocycles. The van der Waals surface area contributed by atoms with Crippen LogP contribution in [0.15, 0.2) is 59.5 Å². The fourth-order valence-corrected chi connectivity index (χ4v) is 3.43. The molecule has 0 saturated carbocycles. The summed E-state index contributed by atoms with van der Waals surface area (Å²) in [5.74, 6) is -0.213. The van der Waals surface area contributed by atoms with Crippen LogP contribution in [0.2, 0.25) is 0 Å². The SMILES string of the molecule is CC(C)NC(=O)c1ccc(S(=O)(=O)NCCCc2ccccc2)cc1. The summed E-state index contributed by atoms with van der Waals surface area (Å²) >= 11 is 0. The van der Waals surface area contributed by atoms with E-state index in [9.17, 15) is 13.2 Å². The van der Waals surface area contributed by atoms with Crippen LogP contribution < -0.4 is 10.0 Å². The van der Waals surface area contributed by atoms with Crippen LogP contribution in [0.5, 0.6) is 0 Å². The summed E-state index contributed by atoms with van der Waals surface area (Å²) < 4.78 is 27.2. The normalized spacial score (nSPS) is 11.5. The first kappa shape index (κ1) is 19.1. The summed E-state index contributed by atoms with van der Waals surface area (Å²) in [5.41, 5.74) is 1.62. The second-order valence-electron chi connectivity index (χ2n) is 6.14. The van der Waals surface area contributed by atoms with Gasteiger partial charge in [0.1, 0.15) is 0 Å². The fraction of sp³-hybridized carbons (Fsp3) is 0.316. The van der Waals surface area contributed by atoms with Gasteiger partial charge >= 0.3 is 0 Å². The van der Waals surface area contributed by atoms with Crippen molar-refractivity contribution in [2.75, 3.05) is 6.54 Å². The average Bonchev–Trinajstić information content (AvgIpc) is 2.59. The van der Waals surface area contributed by atoms with Crippen LogP contribution in [-0.2, 0) is 16.4 Å². The van der Waals surface area contributed by atoms with Crippen molar-refractivity contribution in [1.29, 1.82) is 0 Å². The molecule has 0 saturated heterocycles. The highest BCUT2D eigenvalue weighted by Gasteiger charge is 2.14. The largest absolute Gasteiger partial charge is 0.350 e. The number of amides is 1. The van der Waals surface area contributed by atoms with Gasteiger partial charge in [-0.05, 0) is 56.5 Å². The van der Waals surface area contributed by atoms with Gasteiger partial charge in [-0.25, -0.2) is 13.1 Å². The van der Waals surface area contributed by atoms with E-state index in [2.05, 4.69) is 10.0 Å². The highest BCUT2D eigenvalue weighted by atomic mass is 32.2. The molecule has 0 unspecified atom stereocenters. The van der Waals surface area contributed by atoms with E-state index in [1.807, 2.05) is 44.2 Å². The Morgan fingerprint density at radius 1 is 1.00 bits per heavy atom. The van der Waals surface area contributed by atoms with Gasteiger partial charge < -0.3 is 5.32 Å². The molecule has 2 N–H and O–H groups in total. The molecule has 0 aliphatic heterocycles. The maximum absolute atomic E-state index is 12.3. The lowest BCUT2D eigenvalue weighted by Crippen LogP contribution is -2.30. The molecule has 0 aromatic heterocycles. The molecule has 0 atom stereocenters. The second-order valence-corrected chi connectivity index (χ2v) is 7.91. The molecule has 0 radical (unpaired) electrons. The standard InChI is InChI=1S/C19H24N2O3S/c1-15(2)21-19(22)17-10-12-18(13-11-17)25(23,24)20-14-6-9-16-7-4-3-5-8-16/h3-5,7-8,10-13,15,20H,6,9,14H2,1-2H3,(H,21,22). The maximum atomic E-state index is 12.3. The van der Waals surface area contributed by atoms with Crippen molar-refractivity contribution >= 4 is 15.9 Å². The number of hydrogen-bond acceptors (Lipinski definition) is 3. The van der Waals surface area contributed by atoms with Gasteiger partial charge in [0.25, 0.3) is 5.91 Å². The van der Waals surface area contributed by atoms with Crippen molar-refractivity contribution in [2.24, 2.45) is 0 Å². The van der Waals surface area contributed by atoms with Gasteiger partial charge in [0.2, 0.25) is 10.0 Å². The van der Waals surface area contributed by atoms with Crippen LogP contribution in [0.1, 0.15) is 36.2 Å². The molecule has 0 fully saturated rings. The molecule has 2 aromatic rings. The van der Waals surface area contributed by atoms with Crippen molar-refractivity contribution in [3.8, 4) is 0 Å². The number of sulfonamides is 1. The number of benzene rings is 2. The first-order valence-electron chi connectivity index (χ1n) is 8.33. The summed E-state index contributed by atoms with van der Waals surface area (Å²) in [5, 5.41) is 2.77. The van der Waals surface area contributed by atoms with Crippen LogP contribution in [0, 0.1) is 0 Å². The minimum atomic E-state index is -3.56. The average molecular weight is 360 g/mol. The summed E-state index contributed by atoms with van der Waals surface area (Å²) in [6, 6.07) is 15.9. The van der Waals surface area contributed by atoms with Crippen molar-refractivity contribution in [3.05, 3.63) is 65.7 Å². The van der Waals surface area contributed by atoms with E-state index in [1.54, 1.807) is 0 Å². The van der Waals surface area contributed by atoms with Gasteiger partial charge in [0, 0.05) is 18.2 Å². The predicted octanol–water partition coefficient (Wildman–Crippen LogP) is 2.74. The third-order valence-corrected chi connectivity index (χ3v) is 5.10. The lowest BCUT2D eigenvalue weighted by molar-refractivity contribution is 0.0943. The zero-order chi connectivity index (χ0) is 18.3. The Bertz CT molecular complexity index is 785. The monoisotopic (exact) mass is 360 g/mol. The Kier molecular flexibility index (Phi) is 6.73. The molecule has 134 valence electrons. The van der Waals surface area contributed by atoms with Crippen LogP contribution in [0.4, 0.5) is 0 Å². The maximum Gasteiger partial charge on any atom is 0.251 e. The highest BCUT2D eigenvalue weighted by molar-refractivity contribution is 7.89. The predicted molar refractivity (Wildman–Crippen MR) is 99.0 cm³/mol. The van der Waals surface area contributed by atoms with Crippen molar-refractivity contribution in [1.82, 2.24) is 10.0 Å². The smallest absolute Gasteiger partial charge is 0.251 e. The lowest BCUT2D eigenvalue weighted by atomic mass is 10.1. The van der Waals surface area contributed by atoms with Gasteiger partial charge in [0.05, 0.1) is 4.90 Å². The molecule has 0 spiro atoms. The number of nitrogens with one attached hydrogen (secondary N) is 2. The summed E-state index contributed by atoms with van der Waals surface area (Å²) in [6.45, 7) is 4.11. The van der Waals surface area contributed by atoms with E-state index < -0.39 is 10.0 Å². The number of hydrogen-bond donors (Lipinski definition) is 2. The first-order chi connectivity index (χ1) is 11.9. The minimum Gasteiger partial charge on any atom is -0.350 e. The molecular weight excluding hydrogens is 336 g/mol. The number of carbonyl (C=O) groups is 1. The van der Waals surface area contributed by atoms with E-state index in [0.717, 1.165) is 12.8 Å². The zero-order valence-electron chi connectivity index (χ0n) is 14.5. The number of rotatable bonds is 8. The van der Waals surface area contributed by atoms with Crippen molar-refractivity contribution in [3.63, 3.8) is 0 Å². The minimum absolute atomic E-state index is 0.0298. The first-order valence-corrected chi connectivity index (χ1v) is 9.81. The summed E-state index contributed by atoms with van der Waals surface area (Å²) in [7, 11) is -3.56. The van der Waals surface area contributed by atoms with E-state index >= 15 is 0 Å². The van der Waals surface area contributed by atoms with E-state index in [4.69, 9.17) is 0 Å². The Hall–Kier alpha value is -2.18. The summed E-state index contributed by atoms with van der Waals surface area (Å²) in [4.78, 5) is 12.0. The molecule has 5 nitrogen and oxygen atoms in total. The van der Waals surface area contributed by atoms with Crippen LogP contribution >= 0.6 is 0 Å². The molecular formula is C19H24N2O3S. The highest BCUT2D eigenvalue weighted by Crippen LogP contribution is 2.11. The Morgan fingerprint density at radius 3 is 2.24 bits per heavy atom. The third-order valence-electron chi connectivity index (χ3n) is 3.62. The molecule has 25 heavy (non-hydrogen) atoms. The Balaban J connectivity index is 1.89. The van der Waals surface area contributed by atoms with Gasteiger partial charge in [0.15, 0.2) is 0 Å². The molecule has 2 rings (SSSR count). The fourth-order valence-electron chi connectivity index (χ4n) is 2.36. The zero-order valence-corrected chi connectivity index (χ0v) is 15.3. The number of aryl methyl sites for hydroxylation is 1. The molecule has 0 aliphatic carbocycles. The summed E-state index contributed by atoms with van der Waals surface area (Å²) in [6.07, 6.45) is 1.54. The molecule has 0 bridgehead atoms.